The summed E-state index contributed by atoms with van der Waals surface area (Å²) in [5, 5.41) is 0. The fourth-order valence-corrected chi connectivity index (χ4v) is 2.77. The predicted octanol–water partition coefficient (Wildman–Crippen LogP) is 1.77. The van der Waals surface area contributed by atoms with Gasteiger partial charge in [0, 0.05) is 0 Å². The molecule has 0 heterocycles. The summed E-state index contributed by atoms with van der Waals surface area (Å²) in [4.78, 5) is -0.114. The van der Waals surface area contributed by atoms with E-state index in [1.807, 2.05) is 6.92 Å². The second-order valence-electron chi connectivity index (χ2n) is 4.67. The van der Waals surface area contributed by atoms with E-state index in [4.69, 9.17) is 4.74 Å². The van der Waals surface area contributed by atoms with Crippen LogP contribution in [0.1, 0.15) is 32.6 Å². The van der Waals surface area contributed by atoms with Gasteiger partial charge in [-0.15, -0.1) is 4.67 Å². The number of nitrogens with zero attached hydrogens (tertiary/aromatic N) is 1. The number of ether oxygens (including phenoxy) is 1. The van der Waals surface area contributed by atoms with Crippen molar-refractivity contribution in [3.63, 3.8) is 0 Å². The fraction of sp³-hybridized carbons (Fsp3) is 0.429. The maximum absolute atomic E-state index is 11.3. The Balaban J connectivity index is 2.51. The Hall–Kier alpha value is -1.62. The molecule has 2 aliphatic carbocycles. The fourth-order valence-electron chi connectivity index (χ4n) is 2.21. The van der Waals surface area contributed by atoms with E-state index in [9.17, 15) is 13.0 Å². The average molecular weight is 296 g/mol. The maximum atomic E-state index is 11.3. The summed E-state index contributed by atoms with van der Waals surface area (Å²) < 4.78 is 41.4. The molecule has 20 heavy (non-hydrogen) atoms. The third-order valence-electron chi connectivity index (χ3n) is 3.39. The molecule has 108 valence electrons. The summed E-state index contributed by atoms with van der Waals surface area (Å²) in [6.07, 6.45) is 6.16. The molecule has 2 rings (SSSR count). The summed E-state index contributed by atoms with van der Waals surface area (Å²) in [7, 11) is -4.22. The first kappa shape index (κ1) is 14.8. The Bertz CT molecular complexity index is 655. The number of allylic oxidation sites excluding steroid dienone is 4. The van der Waals surface area contributed by atoms with Crippen molar-refractivity contribution >= 4 is 22.5 Å². The molecule has 2 aliphatic rings. The Morgan fingerprint density at radius 1 is 1.50 bits per heavy atom. The van der Waals surface area contributed by atoms with Crippen LogP contribution in [0.3, 0.4) is 0 Å². The van der Waals surface area contributed by atoms with Crippen LogP contribution in [-0.4, -0.2) is 32.0 Å². The van der Waals surface area contributed by atoms with Crippen molar-refractivity contribution in [2.24, 2.45) is 0 Å². The molecule has 0 atom stereocenters. The third kappa shape index (κ3) is 2.93. The zero-order valence-corrected chi connectivity index (χ0v) is 12.2. The van der Waals surface area contributed by atoms with Crippen molar-refractivity contribution < 1.29 is 17.7 Å². The molecule has 1 N–H and O–H groups in total. The lowest BCUT2D eigenvalue weighted by Crippen LogP contribution is -2.18. The van der Waals surface area contributed by atoms with E-state index >= 15 is 0 Å². The lowest BCUT2D eigenvalue weighted by molar-refractivity contribution is 0.230. The molecule has 0 aliphatic heterocycles. The van der Waals surface area contributed by atoms with Gasteiger partial charge in [0.1, 0.15) is 11.3 Å². The molecule has 1 fully saturated rings. The van der Waals surface area contributed by atoms with Gasteiger partial charge >= 0.3 is 5.71 Å². The van der Waals surface area contributed by atoms with Gasteiger partial charge in [-0.2, -0.15) is 8.42 Å². The van der Waals surface area contributed by atoms with Crippen molar-refractivity contribution in [1.82, 2.24) is 4.67 Å². The van der Waals surface area contributed by atoms with Gasteiger partial charge in [-0.1, -0.05) is 6.08 Å². The largest absolute Gasteiger partial charge is 0.493 e. The Kier molecular flexibility index (Phi) is 4.28. The molecule has 0 aromatic carbocycles. The van der Waals surface area contributed by atoms with E-state index in [0.717, 1.165) is 24.8 Å². The van der Waals surface area contributed by atoms with Gasteiger partial charge in [-0.05, 0) is 37.8 Å². The first-order valence-electron chi connectivity index (χ1n) is 6.54. The molecule has 5 nitrogen and oxygen atoms in total. The molecule has 0 spiro atoms. The maximum Gasteiger partial charge on any atom is 0.317 e. The lowest BCUT2D eigenvalue weighted by Gasteiger charge is -2.23. The lowest BCUT2D eigenvalue weighted by atomic mass is 9.87. The smallest absolute Gasteiger partial charge is 0.317 e. The van der Waals surface area contributed by atoms with Gasteiger partial charge in [-0.3, -0.25) is 4.55 Å². The number of rotatable bonds is 4. The van der Waals surface area contributed by atoms with Crippen molar-refractivity contribution in [3.8, 4) is 0 Å². The second kappa shape index (κ2) is 5.79. The van der Waals surface area contributed by atoms with Gasteiger partial charge in [-0.25, -0.2) is 0 Å². The van der Waals surface area contributed by atoms with Crippen molar-refractivity contribution in [1.29, 1.82) is 0 Å². The van der Waals surface area contributed by atoms with Crippen LogP contribution in [0.5, 0.6) is 0 Å². The summed E-state index contributed by atoms with van der Waals surface area (Å²) >= 11 is 0. The average Bonchev–Trinajstić information content (AvgIpc) is 2.34. The zero-order chi connectivity index (χ0) is 14.8. The molecule has 0 bridgehead atoms. The van der Waals surface area contributed by atoms with Crippen molar-refractivity contribution in [3.05, 3.63) is 34.0 Å². The van der Waals surface area contributed by atoms with Gasteiger partial charge in [0.05, 0.1) is 17.9 Å². The summed E-state index contributed by atoms with van der Waals surface area (Å²) in [5.41, 5.74) is 2.45. The molecule has 0 aromatic rings. The van der Waals surface area contributed by atoms with Gasteiger partial charge in [0.25, 0.3) is 16.8 Å². The quantitative estimate of drug-likeness (QED) is 0.371. The first-order valence-corrected chi connectivity index (χ1v) is 7.98. The number of hydrogen-bond donors (Lipinski definition) is 1. The topological polar surface area (TPSA) is 77.7 Å². The highest BCUT2D eigenvalue weighted by atomic mass is 32.2. The summed E-state index contributed by atoms with van der Waals surface area (Å²) in [5.74, 6) is 0.690. The van der Waals surface area contributed by atoms with Crippen LogP contribution < -0.4 is 4.67 Å². The molecule has 1 saturated carbocycles. The molecule has 0 aromatic heterocycles. The van der Waals surface area contributed by atoms with Gasteiger partial charge < -0.3 is 4.74 Å². The highest BCUT2D eigenvalue weighted by molar-refractivity contribution is 7.90. The van der Waals surface area contributed by atoms with Gasteiger partial charge in [0.15, 0.2) is 0 Å². The minimum Gasteiger partial charge on any atom is -0.493 e. The standard InChI is InChI=1S/C14H17NO4S/c1-3-19-14(10-5-4-6-10)12-9-11(20(16,17)18)7-8-13(12)15-2/h7,9H,2-6,8H2,1H3/p+1. The van der Waals surface area contributed by atoms with E-state index in [1.54, 1.807) is 0 Å². The van der Waals surface area contributed by atoms with Crippen LogP contribution in [0, 0.1) is 0 Å². The van der Waals surface area contributed by atoms with Crippen molar-refractivity contribution in [2.45, 2.75) is 32.6 Å². The minimum absolute atomic E-state index is 0.114. The highest BCUT2D eigenvalue weighted by Crippen LogP contribution is 2.35. The molecule has 6 heteroatoms. The zero-order valence-electron chi connectivity index (χ0n) is 11.4. The van der Waals surface area contributed by atoms with Crippen LogP contribution in [-0.2, 0) is 14.9 Å². The van der Waals surface area contributed by atoms with Crippen LogP contribution in [0.4, 0.5) is 0 Å². The van der Waals surface area contributed by atoms with Gasteiger partial charge in [0.2, 0.25) is 0 Å². The molecule has 0 unspecified atom stereocenters. The minimum atomic E-state index is -4.22. The third-order valence-corrected chi connectivity index (χ3v) is 4.27. The summed E-state index contributed by atoms with van der Waals surface area (Å²) in [6, 6.07) is 0. The van der Waals surface area contributed by atoms with E-state index in [2.05, 4.69) is 11.4 Å². The summed E-state index contributed by atoms with van der Waals surface area (Å²) in [6.45, 7) is 5.89. The van der Waals surface area contributed by atoms with Crippen LogP contribution in [0.15, 0.2) is 34.0 Å². The normalized spacial score (nSPS) is 18.7. The molecular formula is C14H18NO4S+. The Labute approximate surface area is 118 Å². The Morgan fingerprint density at radius 3 is 2.65 bits per heavy atom. The SMILES string of the molecule is C=[N+]=C1CC=C(S(=O)(=O)O)C=C1C(OCC)=C1CCC1. The Morgan fingerprint density at radius 2 is 2.20 bits per heavy atom. The van der Waals surface area contributed by atoms with E-state index in [-0.39, 0.29) is 4.91 Å². The predicted molar refractivity (Wildman–Crippen MR) is 79.1 cm³/mol. The van der Waals surface area contributed by atoms with Crippen LogP contribution in [0.25, 0.3) is 0 Å². The van der Waals surface area contributed by atoms with E-state index < -0.39 is 10.1 Å². The second-order valence-corrected chi connectivity index (χ2v) is 6.09. The number of hydrogen-bond acceptors (Lipinski definition) is 3. The molecule has 0 saturated heterocycles. The van der Waals surface area contributed by atoms with E-state index in [1.165, 1.54) is 12.2 Å². The monoisotopic (exact) mass is 296 g/mol. The van der Waals surface area contributed by atoms with Crippen LogP contribution in [0.2, 0.25) is 0 Å². The first-order chi connectivity index (χ1) is 9.47. The molecule has 0 amide bonds. The van der Waals surface area contributed by atoms with Crippen molar-refractivity contribution in [2.75, 3.05) is 6.61 Å². The highest BCUT2D eigenvalue weighted by Gasteiger charge is 2.31. The molecule has 0 radical (unpaired) electrons. The van der Waals surface area contributed by atoms with Crippen LogP contribution >= 0.6 is 0 Å². The van der Waals surface area contributed by atoms with E-state index in [0.29, 0.717) is 30.1 Å². The molecular weight excluding hydrogens is 278 g/mol.